The maximum atomic E-state index is 13.5. The van der Waals surface area contributed by atoms with Crippen molar-refractivity contribution in [1.29, 1.82) is 0 Å². The van der Waals surface area contributed by atoms with Crippen molar-refractivity contribution in [2.24, 2.45) is 5.92 Å². The van der Waals surface area contributed by atoms with Crippen molar-refractivity contribution >= 4 is 28.6 Å². The summed E-state index contributed by atoms with van der Waals surface area (Å²) < 4.78 is 2.27. The van der Waals surface area contributed by atoms with E-state index in [4.69, 9.17) is 4.98 Å². The Balaban J connectivity index is 1.42. The molecule has 7 nitrogen and oxygen atoms in total. The number of aromatic nitrogens is 4. The van der Waals surface area contributed by atoms with Crippen LogP contribution in [0.3, 0.4) is 0 Å². The number of nitrogens with zero attached hydrogens (tertiary/aromatic N) is 6. The normalized spacial score (nSPS) is 18.8. The number of benzene rings is 1. The molecule has 5 rings (SSSR count). The zero-order valence-electron chi connectivity index (χ0n) is 18.5. The Morgan fingerprint density at radius 2 is 2.00 bits per heavy atom. The Morgan fingerprint density at radius 3 is 2.84 bits per heavy atom. The smallest absolute Gasteiger partial charge is 0.232 e. The fourth-order valence-corrected chi connectivity index (χ4v) is 5.01. The van der Waals surface area contributed by atoms with Crippen LogP contribution >= 0.6 is 0 Å². The summed E-state index contributed by atoms with van der Waals surface area (Å²) in [5, 5.41) is 0. The lowest BCUT2D eigenvalue weighted by molar-refractivity contribution is -0.122. The van der Waals surface area contributed by atoms with Crippen molar-refractivity contribution < 1.29 is 4.79 Å². The van der Waals surface area contributed by atoms with E-state index in [2.05, 4.69) is 26.0 Å². The van der Waals surface area contributed by atoms with Crippen molar-refractivity contribution in [3.8, 4) is 0 Å². The van der Waals surface area contributed by atoms with Crippen molar-refractivity contribution in [2.45, 2.75) is 45.1 Å². The molecule has 1 unspecified atom stereocenters. The average molecular weight is 431 g/mol. The molecule has 166 valence electrons. The molecule has 1 atom stereocenters. The minimum Gasteiger partial charge on any atom is -0.354 e. The average Bonchev–Trinajstić information content (AvgIpc) is 3.03. The molecule has 32 heavy (non-hydrogen) atoms. The van der Waals surface area contributed by atoms with E-state index in [0.717, 1.165) is 67.3 Å². The second-order valence-corrected chi connectivity index (χ2v) is 8.72. The monoisotopic (exact) mass is 430 g/mol. The molecule has 0 N–H and O–H groups in total. The molecule has 2 aliphatic heterocycles. The Kier molecular flexibility index (Phi) is 5.88. The van der Waals surface area contributed by atoms with Gasteiger partial charge in [-0.05, 0) is 37.8 Å². The molecule has 0 aliphatic carbocycles. The number of hydrogen-bond donors (Lipinski definition) is 0. The predicted molar refractivity (Wildman–Crippen MR) is 127 cm³/mol. The molecular formula is C25H30N6O. The summed E-state index contributed by atoms with van der Waals surface area (Å²) in [5.74, 6) is 2.04. The molecule has 3 aromatic rings. The van der Waals surface area contributed by atoms with Gasteiger partial charge in [-0.25, -0.2) is 15.0 Å². The van der Waals surface area contributed by atoms with Crippen molar-refractivity contribution in [3.05, 3.63) is 55.1 Å². The standard InChI is InChI=1S/C25H30N6O/c1-2-14-30(20-11-5-3-6-12-20)25(32)19-10-9-15-29(17-19)23-22-24(27-18-26-23)31-16-8-4-7-13-21(31)28-22/h2-3,5-6,11-12,18-19H,1,4,7-10,13-17H2. The summed E-state index contributed by atoms with van der Waals surface area (Å²) in [4.78, 5) is 31.8. The molecule has 1 fully saturated rings. The van der Waals surface area contributed by atoms with E-state index >= 15 is 0 Å². The maximum Gasteiger partial charge on any atom is 0.232 e. The first kappa shape index (κ1) is 20.7. The third kappa shape index (κ3) is 3.87. The van der Waals surface area contributed by atoms with Crippen LogP contribution in [0, 0.1) is 5.92 Å². The third-order valence-electron chi connectivity index (χ3n) is 6.59. The number of carbonyl (C=O) groups is 1. The summed E-state index contributed by atoms with van der Waals surface area (Å²) in [5.41, 5.74) is 2.72. The number of piperidine rings is 1. The number of imidazole rings is 1. The van der Waals surface area contributed by atoms with Crippen LogP contribution in [0.1, 0.15) is 37.9 Å². The van der Waals surface area contributed by atoms with Gasteiger partial charge in [-0.3, -0.25) is 4.79 Å². The molecule has 1 aromatic carbocycles. The number of amides is 1. The molecule has 0 radical (unpaired) electrons. The molecule has 0 bridgehead atoms. The zero-order valence-corrected chi connectivity index (χ0v) is 18.5. The first-order valence-electron chi connectivity index (χ1n) is 11.7. The van der Waals surface area contributed by atoms with Crippen molar-refractivity contribution in [2.75, 3.05) is 29.4 Å². The van der Waals surface area contributed by atoms with Gasteiger partial charge in [0.2, 0.25) is 5.91 Å². The van der Waals surface area contributed by atoms with Crippen LogP contribution in [0.25, 0.3) is 11.2 Å². The molecule has 4 heterocycles. The highest BCUT2D eigenvalue weighted by molar-refractivity contribution is 5.96. The molecule has 7 heteroatoms. The predicted octanol–water partition coefficient (Wildman–Crippen LogP) is 3.99. The van der Waals surface area contributed by atoms with Gasteiger partial charge >= 0.3 is 0 Å². The minimum atomic E-state index is -0.0886. The molecule has 2 aromatic heterocycles. The Bertz CT molecular complexity index is 1110. The quantitative estimate of drug-likeness (QED) is 0.573. The van der Waals surface area contributed by atoms with Crippen LogP contribution in [0.15, 0.2) is 49.3 Å². The summed E-state index contributed by atoms with van der Waals surface area (Å²) in [7, 11) is 0. The van der Waals surface area contributed by atoms with Gasteiger partial charge in [-0.2, -0.15) is 0 Å². The number of para-hydroxylation sites is 1. The van der Waals surface area contributed by atoms with E-state index in [0.29, 0.717) is 13.1 Å². The summed E-state index contributed by atoms with van der Waals surface area (Å²) >= 11 is 0. The number of anilines is 2. The third-order valence-corrected chi connectivity index (χ3v) is 6.59. The number of rotatable bonds is 5. The lowest BCUT2D eigenvalue weighted by Gasteiger charge is -2.35. The number of hydrogen-bond acceptors (Lipinski definition) is 5. The van der Waals surface area contributed by atoms with Crippen LogP contribution in [-0.2, 0) is 17.8 Å². The molecule has 2 aliphatic rings. The highest BCUT2D eigenvalue weighted by atomic mass is 16.2. The van der Waals surface area contributed by atoms with Gasteiger partial charge in [0.15, 0.2) is 17.0 Å². The molecule has 0 spiro atoms. The van der Waals surface area contributed by atoms with Gasteiger partial charge in [0.25, 0.3) is 0 Å². The molecular weight excluding hydrogens is 400 g/mol. The zero-order chi connectivity index (χ0) is 21.9. The SMILES string of the molecule is C=CCN(C(=O)C1CCCN(c2ncnc3c2nc2n3CCCCC2)C1)c1ccccc1. The van der Waals surface area contributed by atoms with Gasteiger partial charge in [0, 0.05) is 38.3 Å². The second kappa shape index (κ2) is 9.10. The maximum absolute atomic E-state index is 13.5. The molecule has 0 saturated carbocycles. The lowest BCUT2D eigenvalue weighted by atomic mass is 9.96. The Morgan fingerprint density at radius 1 is 1.12 bits per heavy atom. The largest absolute Gasteiger partial charge is 0.354 e. The van der Waals surface area contributed by atoms with Crippen LogP contribution < -0.4 is 9.80 Å². The second-order valence-electron chi connectivity index (χ2n) is 8.72. The summed E-state index contributed by atoms with van der Waals surface area (Å²) in [6.45, 7) is 6.86. The van der Waals surface area contributed by atoms with E-state index in [9.17, 15) is 4.79 Å². The van der Waals surface area contributed by atoms with Gasteiger partial charge < -0.3 is 14.4 Å². The Labute approximate surface area is 188 Å². The van der Waals surface area contributed by atoms with Crippen LogP contribution in [-0.4, -0.2) is 45.1 Å². The van der Waals surface area contributed by atoms with Gasteiger partial charge in [0.05, 0.1) is 5.92 Å². The fourth-order valence-electron chi connectivity index (χ4n) is 5.01. The molecule has 1 amide bonds. The number of aryl methyl sites for hydroxylation is 2. The van der Waals surface area contributed by atoms with Crippen LogP contribution in [0.2, 0.25) is 0 Å². The van der Waals surface area contributed by atoms with Crippen LogP contribution in [0.4, 0.5) is 11.5 Å². The fraction of sp³-hybridized carbons (Fsp3) is 0.440. The van der Waals surface area contributed by atoms with Crippen molar-refractivity contribution in [1.82, 2.24) is 19.5 Å². The highest BCUT2D eigenvalue weighted by Crippen LogP contribution is 2.30. The minimum absolute atomic E-state index is 0.0886. The lowest BCUT2D eigenvalue weighted by Crippen LogP contribution is -2.45. The topological polar surface area (TPSA) is 67.2 Å². The first-order valence-corrected chi connectivity index (χ1v) is 11.7. The summed E-state index contributed by atoms with van der Waals surface area (Å²) in [6.07, 6.45) is 9.83. The van der Waals surface area contributed by atoms with Gasteiger partial charge in [-0.15, -0.1) is 6.58 Å². The van der Waals surface area contributed by atoms with Crippen LogP contribution in [0.5, 0.6) is 0 Å². The van der Waals surface area contributed by atoms with Gasteiger partial charge in [0.1, 0.15) is 12.2 Å². The first-order chi connectivity index (χ1) is 15.8. The summed E-state index contributed by atoms with van der Waals surface area (Å²) in [6, 6.07) is 9.86. The number of fused-ring (bicyclic) bond motifs is 3. The van der Waals surface area contributed by atoms with E-state index in [-0.39, 0.29) is 11.8 Å². The molecule has 1 saturated heterocycles. The number of carbonyl (C=O) groups excluding carboxylic acids is 1. The van der Waals surface area contributed by atoms with Crippen molar-refractivity contribution in [3.63, 3.8) is 0 Å². The highest BCUT2D eigenvalue weighted by Gasteiger charge is 2.31. The van der Waals surface area contributed by atoms with Gasteiger partial charge in [-0.1, -0.05) is 30.7 Å². The Hall–Kier alpha value is -3.22. The van der Waals surface area contributed by atoms with E-state index in [1.165, 1.54) is 12.8 Å². The van der Waals surface area contributed by atoms with E-state index in [1.54, 1.807) is 12.4 Å². The van der Waals surface area contributed by atoms with E-state index in [1.807, 2.05) is 35.2 Å². The van der Waals surface area contributed by atoms with E-state index < -0.39 is 0 Å².